The molecule has 0 spiro atoms. The highest BCUT2D eigenvalue weighted by Gasteiger charge is 2.40. The van der Waals surface area contributed by atoms with Gasteiger partial charge in [-0.05, 0) is 86.3 Å². The van der Waals surface area contributed by atoms with Gasteiger partial charge in [-0.15, -0.1) is 0 Å². The van der Waals surface area contributed by atoms with Crippen LogP contribution in [0.4, 0.5) is 9.59 Å². The van der Waals surface area contributed by atoms with Crippen molar-refractivity contribution in [3.8, 4) is 28.4 Å². The number of alkyl carbamates (subject to hydrolysis) is 2. The number of carbonyl (C=O) groups is 3. The van der Waals surface area contributed by atoms with E-state index >= 15 is 0 Å². The Bertz CT molecular complexity index is 1750. The molecule has 3 rings (SSSR count). The van der Waals surface area contributed by atoms with Crippen LogP contribution in [-0.2, 0) is 47.9 Å². The fourth-order valence-corrected chi connectivity index (χ4v) is 6.45. The largest absolute Gasteiger partial charge is 0.541 e. The van der Waals surface area contributed by atoms with Crippen molar-refractivity contribution in [2.45, 2.75) is 96.8 Å². The number of rotatable bonds is 18. The van der Waals surface area contributed by atoms with Gasteiger partial charge in [0.15, 0.2) is 5.75 Å². The third kappa shape index (κ3) is 13.7. The van der Waals surface area contributed by atoms with Gasteiger partial charge in [0.2, 0.25) is 0 Å². The van der Waals surface area contributed by atoms with Gasteiger partial charge < -0.3 is 48.2 Å². The van der Waals surface area contributed by atoms with E-state index in [4.69, 9.17) is 37.6 Å². The molecule has 0 saturated carbocycles. The first-order chi connectivity index (χ1) is 26.3. The molecule has 13 nitrogen and oxygen atoms in total. The molecule has 308 valence electrons. The number of amides is 2. The summed E-state index contributed by atoms with van der Waals surface area (Å²) in [6, 6.07) is 17.1. The number of hydrogen-bond donors (Lipinski definition) is 2. The average Bonchev–Trinajstić information content (AvgIpc) is 3.12. The predicted octanol–water partition coefficient (Wildman–Crippen LogP) is 7.82. The van der Waals surface area contributed by atoms with Crippen LogP contribution in [-0.4, -0.2) is 86.0 Å². The Labute approximate surface area is 332 Å². The lowest BCUT2D eigenvalue weighted by molar-refractivity contribution is -0.143. The number of ether oxygens (including phenoxy) is 7. The third-order valence-corrected chi connectivity index (χ3v) is 13.5. The molecule has 3 aromatic carbocycles. The van der Waals surface area contributed by atoms with Gasteiger partial charge in [-0.3, -0.25) is 0 Å². The maximum absolute atomic E-state index is 13.1. The predicted molar refractivity (Wildman–Crippen MR) is 217 cm³/mol. The van der Waals surface area contributed by atoms with Crippen molar-refractivity contribution < 1.29 is 52.0 Å². The molecule has 2 N–H and O–H groups in total. The Morgan fingerprint density at radius 3 is 2.00 bits per heavy atom. The number of methoxy groups -OCH3 is 4. The first-order valence-electron chi connectivity index (χ1n) is 18.5. The van der Waals surface area contributed by atoms with E-state index in [0.717, 1.165) is 11.1 Å². The highest BCUT2D eigenvalue weighted by Crippen LogP contribution is 2.46. The lowest BCUT2D eigenvalue weighted by Crippen LogP contribution is -2.44. The molecular formula is C42H60N2O11Si. The maximum atomic E-state index is 13.1. The number of esters is 1. The molecule has 3 aromatic rings. The smallest absolute Gasteiger partial charge is 0.408 e. The fourth-order valence-electron chi connectivity index (χ4n) is 5.45. The Kier molecular flexibility index (Phi) is 16.6. The average molecular weight is 797 g/mol. The van der Waals surface area contributed by atoms with Crippen molar-refractivity contribution in [3.05, 3.63) is 77.4 Å². The van der Waals surface area contributed by atoms with Gasteiger partial charge in [-0.25, -0.2) is 14.4 Å². The van der Waals surface area contributed by atoms with Crippen molar-refractivity contribution in [2.24, 2.45) is 0 Å². The maximum Gasteiger partial charge on any atom is 0.408 e. The molecule has 0 aliphatic carbocycles. The molecule has 0 aromatic heterocycles. The molecule has 56 heavy (non-hydrogen) atoms. The van der Waals surface area contributed by atoms with Crippen LogP contribution in [0.25, 0.3) is 11.1 Å². The van der Waals surface area contributed by atoms with E-state index in [-0.39, 0.29) is 31.5 Å². The summed E-state index contributed by atoms with van der Waals surface area (Å²) in [4.78, 5) is 38.9. The van der Waals surface area contributed by atoms with E-state index < -0.39 is 44.2 Å². The molecule has 0 saturated heterocycles. The first kappa shape index (κ1) is 45.6. The minimum atomic E-state index is -2.45. The van der Waals surface area contributed by atoms with Crippen molar-refractivity contribution in [3.63, 3.8) is 0 Å². The molecule has 0 unspecified atom stereocenters. The first-order valence-corrected chi connectivity index (χ1v) is 21.4. The summed E-state index contributed by atoms with van der Waals surface area (Å²) in [5.74, 6) is 0.837. The van der Waals surface area contributed by atoms with Gasteiger partial charge in [0.1, 0.15) is 36.5 Å². The molecule has 0 fully saturated rings. The normalized spacial score (nSPS) is 12.9. The van der Waals surface area contributed by atoms with E-state index in [2.05, 4.69) is 44.5 Å². The van der Waals surface area contributed by atoms with Crippen LogP contribution in [0.5, 0.6) is 17.2 Å². The molecule has 0 radical (unpaired) electrons. The van der Waals surface area contributed by atoms with E-state index in [9.17, 15) is 14.4 Å². The third-order valence-electron chi connectivity index (χ3n) is 9.20. The summed E-state index contributed by atoms with van der Waals surface area (Å²) >= 11 is 0. The molecule has 14 heteroatoms. The fraction of sp³-hybridized carbons (Fsp3) is 0.500. The van der Waals surface area contributed by atoms with Crippen molar-refractivity contribution >= 4 is 26.5 Å². The molecule has 0 heterocycles. The zero-order valence-corrected chi connectivity index (χ0v) is 36.0. The zero-order chi connectivity index (χ0) is 41.7. The van der Waals surface area contributed by atoms with Crippen LogP contribution < -0.4 is 24.5 Å². The number of nitrogens with one attached hydrogen (secondary N) is 2. The number of hydrogen-bond acceptors (Lipinski definition) is 11. The van der Waals surface area contributed by atoms with Crippen LogP contribution in [0.2, 0.25) is 18.1 Å². The minimum absolute atomic E-state index is 0.0283. The van der Waals surface area contributed by atoms with Gasteiger partial charge in [0.05, 0.1) is 34.0 Å². The van der Waals surface area contributed by atoms with Gasteiger partial charge in [0.25, 0.3) is 8.32 Å². The van der Waals surface area contributed by atoms with Gasteiger partial charge in [-0.1, -0.05) is 57.2 Å². The lowest BCUT2D eigenvalue weighted by atomic mass is 9.94. The Morgan fingerprint density at radius 1 is 0.732 bits per heavy atom. The van der Waals surface area contributed by atoms with E-state index in [1.165, 1.54) is 14.2 Å². The minimum Gasteiger partial charge on any atom is -0.541 e. The molecule has 0 bridgehead atoms. The van der Waals surface area contributed by atoms with E-state index in [1.807, 2.05) is 60.7 Å². The summed E-state index contributed by atoms with van der Waals surface area (Å²) in [5, 5.41) is 5.44. The van der Waals surface area contributed by atoms with Crippen molar-refractivity contribution in [1.29, 1.82) is 0 Å². The van der Waals surface area contributed by atoms with Crippen LogP contribution >= 0.6 is 0 Å². The van der Waals surface area contributed by atoms with E-state index in [1.54, 1.807) is 35.0 Å². The number of benzene rings is 3. The Morgan fingerprint density at radius 2 is 1.41 bits per heavy atom. The van der Waals surface area contributed by atoms with Crippen LogP contribution in [0, 0.1) is 0 Å². The molecule has 2 atom stereocenters. The number of carbonyl (C=O) groups excluding carboxylic acids is 3. The molecule has 0 aliphatic rings. The second kappa shape index (κ2) is 20.4. The van der Waals surface area contributed by atoms with Gasteiger partial charge in [0, 0.05) is 24.7 Å². The highest BCUT2D eigenvalue weighted by atomic mass is 28.4. The second-order valence-electron chi connectivity index (χ2n) is 15.9. The summed E-state index contributed by atoms with van der Waals surface area (Å²) in [5.41, 5.74) is 2.90. The van der Waals surface area contributed by atoms with Crippen molar-refractivity contribution in [1.82, 2.24) is 10.6 Å². The highest BCUT2D eigenvalue weighted by molar-refractivity contribution is 6.74. The quantitative estimate of drug-likeness (QED) is 0.0427. The summed E-state index contributed by atoms with van der Waals surface area (Å²) < 4.78 is 45.7. The summed E-state index contributed by atoms with van der Waals surface area (Å²) in [6.07, 6.45) is -0.932. The Hall–Kier alpha value is -4.79. The monoisotopic (exact) mass is 796 g/mol. The van der Waals surface area contributed by atoms with Crippen LogP contribution in [0.1, 0.15) is 58.2 Å². The van der Waals surface area contributed by atoms with Gasteiger partial charge >= 0.3 is 18.2 Å². The summed E-state index contributed by atoms with van der Waals surface area (Å²) in [6.45, 7) is 16.3. The van der Waals surface area contributed by atoms with Crippen LogP contribution in [0.15, 0.2) is 60.7 Å². The molecule has 0 aliphatic heterocycles. The Balaban J connectivity index is 2.12. The second-order valence-corrected chi connectivity index (χ2v) is 20.6. The van der Waals surface area contributed by atoms with Gasteiger partial charge in [-0.2, -0.15) is 0 Å². The lowest BCUT2D eigenvalue weighted by Gasteiger charge is -2.37. The van der Waals surface area contributed by atoms with Crippen LogP contribution in [0.3, 0.4) is 0 Å². The molecular weight excluding hydrogens is 737 g/mol. The summed E-state index contributed by atoms with van der Waals surface area (Å²) in [7, 11) is 3.49. The van der Waals surface area contributed by atoms with E-state index in [0.29, 0.717) is 40.4 Å². The standard InChI is InChI=1S/C42H60N2O11Si/c1-41(2,3)54-40(47)43-31(26-52-27-48-7)20-29-18-19-35(49-8)32(21-29)33-22-30(24-36(37(33)50-9)55-56(11,12)42(4,5)6)23-34(38(45)51-10)44-39(46)53-25-28-16-14-13-15-17-28/h13-19,21-22,24,31,34H,20,23,25-27H2,1-12H3,(H,43,47)(H,44,46)/t31-,34-/m0/s1. The molecule has 2 amide bonds. The topological polar surface area (TPSA) is 149 Å². The SMILES string of the molecule is COCOC[C@H](Cc1ccc(OC)c(-c2cc(C[C@H](NC(=O)OCc3ccccc3)C(=O)OC)cc(O[Si](C)(C)C(C)(C)C)c2OC)c1)NC(=O)OC(C)(C)C. The van der Waals surface area contributed by atoms with Crippen molar-refractivity contribution in [2.75, 3.05) is 41.8 Å². The zero-order valence-electron chi connectivity index (χ0n) is 35.0.